The topological polar surface area (TPSA) is 29.1 Å². The average molecular weight is 224 g/mol. The molecular weight excluding hydrogens is 210 g/mol. The van der Waals surface area contributed by atoms with Crippen molar-refractivity contribution in [2.45, 2.75) is 18.8 Å². The van der Waals surface area contributed by atoms with Crippen molar-refractivity contribution in [3.8, 4) is 0 Å². The van der Waals surface area contributed by atoms with E-state index in [-0.39, 0.29) is 11.9 Å². The lowest BCUT2D eigenvalue weighted by Gasteiger charge is -2.09. The molecule has 1 amide bonds. The maximum Gasteiger partial charge on any atom is 0.251 e. The van der Waals surface area contributed by atoms with Gasteiger partial charge in [0.25, 0.3) is 5.91 Å². The second-order valence-corrected chi connectivity index (χ2v) is 3.60. The summed E-state index contributed by atoms with van der Waals surface area (Å²) in [4.78, 5) is 11.6. The fourth-order valence-electron chi connectivity index (χ4n) is 1.09. The number of benzene rings is 1. The van der Waals surface area contributed by atoms with Gasteiger partial charge in [-0.3, -0.25) is 4.79 Å². The van der Waals surface area contributed by atoms with E-state index < -0.39 is 0 Å². The summed E-state index contributed by atoms with van der Waals surface area (Å²) in [5.74, 6) is 0.369. The van der Waals surface area contributed by atoms with Crippen LogP contribution in [0.4, 0.5) is 0 Å². The van der Waals surface area contributed by atoms with Gasteiger partial charge in [-0.15, -0.1) is 18.2 Å². The number of carbonyl (C=O) groups excluding carboxylic acids is 1. The Balaban J connectivity index is 2.70. The monoisotopic (exact) mass is 223 g/mol. The van der Waals surface area contributed by atoms with Gasteiger partial charge in [0.05, 0.1) is 0 Å². The van der Waals surface area contributed by atoms with E-state index in [1.165, 1.54) is 0 Å². The van der Waals surface area contributed by atoms with E-state index in [0.717, 1.165) is 5.56 Å². The van der Waals surface area contributed by atoms with Gasteiger partial charge in [-0.25, -0.2) is 0 Å². The van der Waals surface area contributed by atoms with Gasteiger partial charge in [-0.1, -0.05) is 18.2 Å². The Kier molecular flexibility index (Phi) is 4.37. The van der Waals surface area contributed by atoms with E-state index in [1.807, 2.05) is 19.1 Å². The first kappa shape index (κ1) is 11.8. The number of halogens is 1. The van der Waals surface area contributed by atoms with E-state index in [0.29, 0.717) is 11.4 Å². The van der Waals surface area contributed by atoms with Crippen molar-refractivity contribution in [2.75, 3.05) is 0 Å². The van der Waals surface area contributed by atoms with Crippen LogP contribution in [-0.2, 0) is 5.88 Å². The molecule has 0 aromatic heterocycles. The Morgan fingerprint density at radius 2 is 2.13 bits per heavy atom. The summed E-state index contributed by atoms with van der Waals surface area (Å²) in [6, 6.07) is 7.21. The van der Waals surface area contributed by atoms with Crippen LogP contribution in [0, 0.1) is 0 Å². The molecule has 0 saturated carbocycles. The fraction of sp³-hybridized carbons (Fsp3) is 0.250. The summed E-state index contributed by atoms with van der Waals surface area (Å²) in [5, 5.41) is 2.79. The molecule has 1 aromatic rings. The number of carbonyl (C=O) groups is 1. The molecule has 0 spiro atoms. The van der Waals surface area contributed by atoms with Crippen molar-refractivity contribution in [3.05, 3.63) is 48.0 Å². The molecule has 0 radical (unpaired) electrons. The molecule has 0 aliphatic carbocycles. The quantitative estimate of drug-likeness (QED) is 0.617. The standard InChI is InChI=1S/C12H14ClNO/c1-3-9(2)14-12(15)11-6-4-10(8-13)5-7-11/h3-7,9H,1,8H2,2H3,(H,14,15). The molecule has 0 aliphatic rings. The van der Waals surface area contributed by atoms with Crippen molar-refractivity contribution < 1.29 is 4.79 Å². The highest BCUT2D eigenvalue weighted by Crippen LogP contribution is 2.07. The van der Waals surface area contributed by atoms with Crippen molar-refractivity contribution in [1.29, 1.82) is 0 Å². The summed E-state index contributed by atoms with van der Waals surface area (Å²) in [6.07, 6.45) is 1.69. The Morgan fingerprint density at radius 1 is 1.53 bits per heavy atom. The zero-order chi connectivity index (χ0) is 11.3. The van der Waals surface area contributed by atoms with E-state index in [1.54, 1.807) is 18.2 Å². The van der Waals surface area contributed by atoms with Crippen molar-refractivity contribution >= 4 is 17.5 Å². The highest BCUT2D eigenvalue weighted by molar-refractivity contribution is 6.17. The van der Waals surface area contributed by atoms with Gasteiger partial charge in [0.1, 0.15) is 0 Å². The van der Waals surface area contributed by atoms with Crippen LogP contribution in [0.15, 0.2) is 36.9 Å². The zero-order valence-electron chi connectivity index (χ0n) is 8.66. The summed E-state index contributed by atoms with van der Waals surface area (Å²) in [6.45, 7) is 5.48. The molecule has 0 bridgehead atoms. The van der Waals surface area contributed by atoms with Crippen molar-refractivity contribution in [2.24, 2.45) is 0 Å². The molecule has 0 saturated heterocycles. The van der Waals surface area contributed by atoms with Gasteiger partial charge >= 0.3 is 0 Å². The first-order valence-electron chi connectivity index (χ1n) is 4.75. The van der Waals surface area contributed by atoms with Gasteiger partial charge in [0.2, 0.25) is 0 Å². The minimum atomic E-state index is -0.0940. The average Bonchev–Trinajstić information content (AvgIpc) is 2.29. The van der Waals surface area contributed by atoms with Crippen LogP contribution in [0.3, 0.4) is 0 Å². The fourth-order valence-corrected chi connectivity index (χ4v) is 1.27. The van der Waals surface area contributed by atoms with Crippen LogP contribution < -0.4 is 5.32 Å². The first-order valence-corrected chi connectivity index (χ1v) is 5.29. The number of rotatable bonds is 4. The van der Waals surface area contributed by atoms with Crippen LogP contribution in [0.2, 0.25) is 0 Å². The van der Waals surface area contributed by atoms with Crippen molar-refractivity contribution in [1.82, 2.24) is 5.32 Å². The van der Waals surface area contributed by atoms with Crippen LogP contribution in [0.1, 0.15) is 22.8 Å². The van der Waals surface area contributed by atoms with E-state index in [9.17, 15) is 4.79 Å². The Hall–Kier alpha value is -1.28. The summed E-state index contributed by atoms with van der Waals surface area (Å²) >= 11 is 5.65. The van der Waals surface area contributed by atoms with Crippen LogP contribution >= 0.6 is 11.6 Å². The number of nitrogens with one attached hydrogen (secondary N) is 1. The summed E-state index contributed by atoms with van der Waals surface area (Å²) in [5.41, 5.74) is 1.64. The van der Waals surface area contributed by atoms with E-state index in [2.05, 4.69) is 11.9 Å². The minimum Gasteiger partial charge on any atom is -0.346 e. The predicted molar refractivity (Wildman–Crippen MR) is 63.1 cm³/mol. The Morgan fingerprint density at radius 3 is 2.60 bits per heavy atom. The van der Waals surface area contributed by atoms with E-state index >= 15 is 0 Å². The highest BCUT2D eigenvalue weighted by Gasteiger charge is 2.06. The normalized spacial score (nSPS) is 11.9. The van der Waals surface area contributed by atoms with Gasteiger partial charge in [-0.2, -0.15) is 0 Å². The largest absolute Gasteiger partial charge is 0.346 e. The van der Waals surface area contributed by atoms with Crippen LogP contribution in [0.25, 0.3) is 0 Å². The third kappa shape index (κ3) is 3.40. The molecule has 0 heterocycles. The number of alkyl halides is 1. The van der Waals surface area contributed by atoms with Crippen LogP contribution in [-0.4, -0.2) is 11.9 Å². The van der Waals surface area contributed by atoms with Gasteiger partial charge in [0, 0.05) is 17.5 Å². The van der Waals surface area contributed by atoms with Crippen molar-refractivity contribution in [3.63, 3.8) is 0 Å². The lowest BCUT2D eigenvalue weighted by molar-refractivity contribution is 0.0947. The molecule has 3 heteroatoms. The summed E-state index contributed by atoms with van der Waals surface area (Å²) in [7, 11) is 0. The number of amides is 1. The molecule has 1 atom stereocenters. The van der Waals surface area contributed by atoms with E-state index in [4.69, 9.17) is 11.6 Å². The molecule has 80 valence electrons. The minimum absolute atomic E-state index is 0.0230. The maximum atomic E-state index is 11.6. The smallest absolute Gasteiger partial charge is 0.251 e. The third-order valence-corrected chi connectivity index (χ3v) is 2.39. The lowest BCUT2D eigenvalue weighted by atomic mass is 10.1. The zero-order valence-corrected chi connectivity index (χ0v) is 9.42. The number of hydrogen-bond donors (Lipinski definition) is 1. The molecule has 15 heavy (non-hydrogen) atoms. The molecule has 0 aliphatic heterocycles. The first-order chi connectivity index (χ1) is 7.17. The Labute approximate surface area is 94.9 Å². The van der Waals surface area contributed by atoms with Gasteiger partial charge in [0.15, 0.2) is 0 Å². The molecule has 1 N–H and O–H groups in total. The van der Waals surface area contributed by atoms with Crippen LogP contribution in [0.5, 0.6) is 0 Å². The SMILES string of the molecule is C=CC(C)NC(=O)c1ccc(CCl)cc1. The highest BCUT2D eigenvalue weighted by atomic mass is 35.5. The van der Waals surface area contributed by atoms with Gasteiger partial charge in [-0.05, 0) is 24.6 Å². The molecule has 2 nitrogen and oxygen atoms in total. The second-order valence-electron chi connectivity index (χ2n) is 3.33. The molecule has 1 aromatic carbocycles. The molecule has 1 unspecified atom stereocenters. The molecule has 0 fully saturated rings. The summed E-state index contributed by atoms with van der Waals surface area (Å²) < 4.78 is 0. The Bertz CT molecular complexity index is 345. The predicted octanol–water partition coefficient (Wildman–Crippen LogP) is 2.73. The third-order valence-electron chi connectivity index (χ3n) is 2.08. The maximum absolute atomic E-state index is 11.6. The molecule has 1 rings (SSSR count). The molecular formula is C12H14ClNO. The lowest BCUT2D eigenvalue weighted by Crippen LogP contribution is -2.30. The second kappa shape index (κ2) is 5.56. The number of hydrogen-bond acceptors (Lipinski definition) is 1. The van der Waals surface area contributed by atoms with Gasteiger partial charge < -0.3 is 5.32 Å².